The molecule has 7 nitrogen and oxygen atoms in total. The first-order valence-corrected chi connectivity index (χ1v) is 12.3. The van der Waals surface area contributed by atoms with E-state index in [4.69, 9.17) is 4.74 Å². The second kappa shape index (κ2) is 8.34. The Morgan fingerprint density at radius 3 is 2.67 bits per heavy atom. The summed E-state index contributed by atoms with van der Waals surface area (Å²) in [4.78, 5) is 41.7. The number of esters is 1. The van der Waals surface area contributed by atoms with Gasteiger partial charge in [0.1, 0.15) is 6.04 Å². The molecule has 3 unspecified atom stereocenters. The fraction of sp³-hybridized carbons (Fsp3) is 0.864. The topological polar surface area (TPSA) is 95.9 Å². The monoisotopic (exact) mass is 438 g/mol. The zero-order valence-electron chi connectivity index (χ0n) is 18.1. The van der Waals surface area contributed by atoms with Gasteiger partial charge in [0.25, 0.3) is 0 Å². The number of fused-ring (bicyclic) bond motifs is 1. The first-order chi connectivity index (χ1) is 14.4. The molecular formula is C22H34N2O5S. The standard InChI is InChI=1S/C22H34N2O5S/c1-4-29-21(28)16-15-10-12(2)22(30-15)17(16)20(27)24(13(3)11-25)18(22)19(26)23-14-8-6-5-7-9-14/h12-18,25H,4-11H2,1-3H3,(H,23,26)/t12?,13-,15-,16+,17+,18?,22?/m1/s1. The molecule has 3 aliphatic heterocycles. The van der Waals surface area contributed by atoms with E-state index in [1.165, 1.54) is 6.42 Å². The normalized spacial score (nSPS) is 39.1. The number of ether oxygens (including phenoxy) is 1. The van der Waals surface area contributed by atoms with E-state index in [0.717, 1.165) is 32.1 Å². The minimum Gasteiger partial charge on any atom is -0.466 e. The lowest BCUT2D eigenvalue weighted by molar-refractivity contribution is -0.154. The molecule has 0 radical (unpaired) electrons. The van der Waals surface area contributed by atoms with Gasteiger partial charge in [-0.3, -0.25) is 14.4 Å². The molecule has 1 spiro atoms. The largest absolute Gasteiger partial charge is 0.466 e. The van der Waals surface area contributed by atoms with Crippen molar-refractivity contribution in [3.63, 3.8) is 0 Å². The lowest BCUT2D eigenvalue weighted by atomic mass is 9.66. The van der Waals surface area contributed by atoms with Crippen LogP contribution >= 0.6 is 11.8 Å². The fourth-order valence-corrected chi connectivity index (χ4v) is 8.75. The van der Waals surface area contributed by atoms with Gasteiger partial charge in [0, 0.05) is 11.3 Å². The third kappa shape index (κ3) is 3.17. The minimum atomic E-state index is -0.663. The van der Waals surface area contributed by atoms with Crippen molar-refractivity contribution in [1.82, 2.24) is 10.2 Å². The maximum Gasteiger partial charge on any atom is 0.310 e. The highest BCUT2D eigenvalue weighted by Gasteiger charge is 2.76. The smallest absolute Gasteiger partial charge is 0.310 e. The van der Waals surface area contributed by atoms with E-state index in [2.05, 4.69) is 12.2 Å². The zero-order chi connectivity index (χ0) is 21.6. The summed E-state index contributed by atoms with van der Waals surface area (Å²) < 4.78 is 4.70. The molecule has 2 amide bonds. The molecule has 168 valence electrons. The van der Waals surface area contributed by atoms with Crippen LogP contribution in [0, 0.1) is 17.8 Å². The molecule has 3 saturated heterocycles. The maximum atomic E-state index is 13.7. The average Bonchev–Trinajstić information content (AvgIpc) is 3.32. The van der Waals surface area contributed by atoms with Crippen molar-refractivity contribution in [3.8, 4) is 0 Å². The average molecular weight is 439 g/mol. The first-order valence-electron chi connectivity index (χ1n) is 11.4. The van der Waals surface area contributed by atoms with E-state index in [-0.39, 0.29) is 48.2 Å². The Balaban J connectivity index is 1.70. The lowest BCUT2D eigenvalue weighted by Gasteiger charge is -2.40. The summed E-state index contributed by atoms with van der Waals surface area (Å²) in [6.07, 6.45) is 6.15. The number of rotatable bonds is 6. The molecule has 30 heavy (non-hydrogen) atoms. The van der Waals surface area contributed by atoms with Crippen molar-refractivity contribution < 1.29 is 24.2 Å². The van der Waals surface area contributed by atoms with Gasteiger partial charge in [0.15, 0.2) is 0 Å². The highest BCUT2D eigenvalue weighted by atomic mass is 32.2. The van der Waals surface area contributed by atoms with Gasteiger partial charge < -0.3 is 20.1 Å². The number of carbonyl (C=O) groups is 3. The molecule has 7 atom stereocenters. The Bertz CT molecular complexity index is 712. The summed E-state index contributed by atoms with van der Waals surface area (Å²) in [5.74, 6) is -1.58. The van der Waals surface area contributed by atoms with E-state index in [1.807, 2.05) is 0 Å². The van der Waals surface area contributed by atoms with Crippen LogP contribution in [0.1, 0.15) is 59.3 Å². The quantitative estimate of drug-likeness (QED) is 0.613. The van der Waals surface area contributed by atoms with Gasteiger partial charge in [0.2, 0.25) is 11.8 Å². The van der Waals surface area contributed by atoms with E-state index in [0.29, 0.717) is 0 Å². The summed E-state index contributed by atoms with van der Waals surface area (Å²) in [6, 6.07) is -0.999. The third-order valence-electron chi connectivity index (χ3n) is 7.68. The summed E-state index contributed by atoms with van der Waals surface area (Å²) in [6.45, 7) is 5.71. The van der Waals surface area contributed by atoms with E-state index >= 15 is 0 Å². The summed E-state index contributed by atoms with van der Waals surface area (Å²) in [5, 5.41) is 13.1. The molecule has 4 rings (SSSR count). The number of likely N-dealkylation sites (tertiary alicyclic amines) is 1. The van der Waals surface area contributed by atoms with Gasteiger partial charge in [0.05, 0.1) is 35.8 Å². The molecule has 4 fully saturated rings. The SMILES string of the molecule is CCOC(=O)[C@@H]1[C@H]2C(=O)N([C@H](C)CO)C(C(=O)NC3CCCCC3)C23S[C@@H]1CC3C. The first kappa shape index (κ1) is 21.9. The van der Waals surface area contributed by atoms with Crippen LogP contribution in [0.4, 0.5) is 0 Å². The van der Waals surface area contributed by atoms with Crippen LogP contribution in [0.3, 0.4) is 0 Å². The predicted molar refractivity (Wildman–Crippen MR) is 114 cm³/mol. The van der Waals surface area contributed by atoms with Gasteiger partial charge in [-0.15, -0.1) is 11.8 Å². The number of carbonyl (C=O) groups excluding carboxylic acids is 3. The Labute approximate surface area is 182 Å². The lowest BCUT2D eigenvalue weighted by Crippen LogP contribution is -2.59. The summed E-state index contributed by atoms with van der Waals surface area (Å²) in [7, 11) is 0. The minimum absolute atomic E-state index is 0.00423. The van der Waals surface area contributed by atoms with Crippen LogP contribution in [0.5, 0.6) is 0 Å². The molecule has 8 heteroatoms. The van der Waals surface area contributed by atoms with Gasteiger partial charge in [-0.05, 0) is 39.0 Å². The molecule has 2 N–H and O–H groups in total. The van der Waals surface area contributed by atoms with Crippen molar-refractivity contribution in [3.05, 3.63) is 0 Å². The van der Waals surface area contributed by atoms with Crippen molar-refractivity contribution in [2.24, 2.45) is 17.8 Å². The number of hydrogen-bond acceptors (Lipinski definition) is 6. The Kier molecular flexibility index (Phi) is 6.10. The van der Waals surface area contributed by atoms with E-state index < -0.39 is 28.7 Å². The highest BCUT2D eigenvalue weighted by molar-refractivity contribution is 8.02. The molecule has 4 aliphatic rings. The second-order valence-corrected chi connectivity index (χ2v) is 11.0. The molecule has 2 bridgehead atoms. The van der Waals surface area contributed by atoms with Crippen molar-refractivity contribution >= 4 is 29.5 Å². The number of aliphatic hydroxyl groups excluding tert-OH is 1. The molecular weight excluding hydrogens is 404 g/mol. The summed E-state index contributed by atoms with van der Waals surface area (Å²) in [5.41, 5.74) is 0. The Morgan fingerprint density at radius 1 is 1.33 bits per heavy atom. The van der Waals surface area contributed by atoms with E-state index in [9.17, 15) is 19.5 Å². The molecule has 3 heterocycles. The summed E-state index contributed by atoms with van der Waals surface area (Å²) >= 11 is 1.65. The molecule has 0 aromatic heterocycles. The van der Waals surface area contributed by atoms with Crippen LogP contribution < -0.4 is 5.32 Å². The third-order valence-corrected chi connectivity index (χ3v) is 9.76. The van der Waals surface area contributed by atoms with Gasteiger partial charge >= 0.3 is 5.97 Å². The number of aliphatic hydroxyl groups is 1. The van der Waals surface area contributed by atoms with Gasteiger partial charge in [-0.25, -0.2) is 0 Å². The molecule has 1 saturated carbocycles. The van der Waals surface area contributed by atoms with Crippen LogP contribution in [0.25, 0.3) is 0 Å². The highest BCUT2D eigenvalue weighted by Crippen LogP contribution is 2.68. The fourth-order valence-electron chi connectivity index (χ4n) is 6.35. The number of thioether (sulfide) groups is 1. The van der Waals surface area contributed by atoms with E-state index in [1.54, 1.807) is 30.5 Å². The van der Waals surface area contributed by atoms with Crippen LogP contribution in [-0.2, 0) is 19.1 Å². The number of nitrogens with one attached hydrogen (secondary N) is 1. The number of hydrogen-bond donors (Lipinski definition) is 2. The van der Waals surface area contributed by atoms with Crippen LogP contribution in [0.2, 0.25) is 0 Å². The Hall–Kier alpha value is -1.28. The number of nitrogens with zero attached hydrogens (tertiary/aromatic N) is 1. The van der Waals surface area contributed by atoms with Crippen LogP contribution in [0.15, 0.2) is 0 Å². The Morgan fingerprint density at radius 2 is 2.03 bits per heavy atom. The van der Waals surface area contributed by atoms with Crippen molar-refractivity contribution in [2.75, 3.05) is 13.2 Å². The second-order valence-electron chi connectivity index (χ2n) is 9.43. The predicted octanol–water partition coefficient (Wildman–Crippen LogP) is 1.72. The zero-order valence-corrected chi connectivity index (χ0v) is 19.0. The van der Waals surface area contributed by atoms with Crippen molar-refractivity contribution in [2.45, 2.75) is 87.4 Å². The van der Waals surface area contributed by atoms with Crippen LogP contribution in [-0.4, -0.2) is 69.1 Å². The molecule has 0 aromatic carbocycles. The van der Waals surface area contributed by atoms with Gasteiger partial charge in [-0.2, -0.15) is 0 Å². The van der Waals surface area contributed by atoms with Gasteiger partial charge in [-0.1, -0.05) is 26.2 Å². The number of amides is 2. The maximum absolute atomic E-state index is 13.7. The van der Waals surface area contributed by atoms with Crippen molar-refractivity contribution in [1.29, 1.82) is 0 Å². The molecule has 0 aromatic rings. The molecule has 1 aliphatic carbocycles.